The summed E-state index contributed by atoms with van der Waals surface area (Å²) in [6.45, 7) is 4.15. The molecule has 0 spiro atoms. The molecular weight excluding hydrogens is 266 g/mol. The molecule has 1 unspecified atom stereocenters. The lowest BCUT2D eigenvalue weighted by atomic mass is 9.96. The molecule has 0 bridgehead atoms. The van der Waals surface area contributed by atoms with Gasteiger partial charge in [0.25, 0.3) is 5.91 Å². The molecule has 116 valence electrons. The van der Waals surface area contributed by atoms with Crippen molar-refractivity contribution < 1.29 is 9.59 Å². The van der Waals surface area contributed by atoms with Crippen molar-refractivity contribution >= 4 is 11.8 Å². The molecule has 0 fully saturated rings. The van der Waals surface area contributed by atoms with Gasteiger partial charge in [0, 0.05) is 26.2 Å². The maximum absolute atomic E-state index is 12.0. The molecule has 5 nitrogen and oxygen atoms in total. The second-order valence-corrected chi connectivity index (χ2v) is 5.75. The molecule has 5 heteroatoms. The Balaban J connectivity index is 2.61. The summed E-state index contributed by atoms with van der Waals surface area (Å²) in [7, 11) is 3.43. The van der Waals surface area contributed by atoms with Gasteiger partial charge in [-0.3, -0.25) is 9.59 Å². The molecule has 0 aliphatic heterocycles. The van der Waals surface area contributed by atoms with Gasteiger partial charge >= 0.3 is 0 Å². The fourth-order valence-electron chi connectivity index (χ4n) is 2.04. The highest BCUT2D eigenvalue weighted by molar-refractivity contribution is 5.93. The van der Waals surface area contributed by atoms with Crippen molar-refractivity contribution in [3.05, 3.63) is 35.4 Å². The van der Waals surface area contributed by atoms with Gasteiger partial charge in [-0.2, -0.15) is 0 Å². The molecule has 0 aromatic heterocycles. The summed E-state index contributed by atoms with van der Waals surface area (Å²) in [5.41, 5.74) is 6.70. The number of carbonyl (C=O) groups is 2. The molecule has 1 rings (SSSR count). The van der Waals surface area contributed by atoms with Crippen molar-refractivity contribution in [3.8, 4) is 0 Å². The molecule has 2 amide bonds. The van der Waals surface area contributed by atoms with Gasteiger partial charge in [-0.25, -0.2) is 0 Å². The first-order valence-corrected chi connectivity index (χ1v) is 7.15. The number of nitrogens with two attached hydrogens (primary N) is 1. The van der Waals surface area contributed by atoms with E-state index in [1.54, 1.807) is 33.2 Å². The Morgan fingerprint density at radius 3 is 2.29 bits per heavy atom. The number of hydrogen-bond donors (Lipinski definition) is 2. The van der Waals surface area contributed by atoms with Crippen LogP contribution in [0, 0.1) is 0 Å². The summed E-state index contributed by atoms with van der Waals surface area (Å²) >= 11 is 0. The average Bonchev–Trinajstić information content (AvgIpc) is 2.44. The standard InChI is InChI=1S/C16H25N3O2/c1-5-10-16(2,17)15(21)18-11-12-6-8-13(9-7-12)14(20)19(3)4/h6-9H,5,10-11,17H2,1-4H3,(H,18,21). The summed E-state index contributed by atoms with van der Waals surface area (Å²) in [4.78, 5) is 25.3. The van der Waals surface area contributed by atoms with Crippen LogP contribution < -0.4 is 11.1 Å². The zero-order chi connectivity index (χ0) is 16.0. The lowest BCUT2D eigenvalue weighted by Gasteiger charge is -2.22. The van der Waals surface area contributed by atoms with Gasteiger partial charge in [0.1, 0.15) is 0 Å². The van der Waals surface area contributed by atoms with E-state index in [1.165, 1.54) is 4.90 Å². The van der Waals surface area contributed by atoms with E-state index in [0.717, 1.165) is 12.0 Å². The third kappa shape index (κ3) is 4.86. The largest absolute Gasteiger partial charge is 0.350 e. The topological polar surface area (TPSA) is 75.4 Å². The molecule has 0 heterocycles. The second-order valence-electron chi connectivity index (χ2n) is 5.75. The Bertz CT molecular complexity index is 493. The fraction of sp³-hybridized carbons (Fsp3) is 0.500. The molecule has 1 aromatic rings. The first-order valence-electron chi connectivity index (χ1n) is 7.15. The number of amides is 2. The molecule has 0 aliphatic rings. The van der Waals surface area contributed by atoms with Crippen molar-refractivity contribution in [1.29, 1.82) is 0 Å². The van der Waals surface area contributed by atoms with Crippen LogP contribution in [-0.4, -0.2) is 36.3 Å². The Kier molecular flexibility index (Phi) is 5.90. The number of rotatable bonds is 6. The van der Waals surface area contributed by atoms with Crippen LogP contribution in [0.3, 0.4) is 0 Å². The normalized spacial score (nSPS) is 13.4. The fourth-order valence-corrected chi connectivity index (χ4v) is 2.04. The van der Waals surface area contributed by atoms with Crippen LogP contribution in [0.1, 0.15) is 42.6 Å². The zero-order valence-corrected chi connectivity index (χ0v) is 13.3. The Morgan fingerprint density at radius 1 is 1.24 bits per heavy atom. The van der Waals surface area contributed by atoms with Gasteiger partial charge in [0.2, 0.25) is 5.91 Å². The highest BCUT2D eigenvalue weighted by Gasteiger charge is 2.26. The third-order valence-electron chi connectivity index (χ3n) is 3.35. The quantitative estimate of drug-likeness (QED) is 0.834. The van der Waals surface area contributed by atoms with E-state index in [1.807, 2.05) is 19.1 Å². The van der Waals surface area contributed by atoms with Crippen LogP contribution >= 0.6 is 0 Å². The van der Waals surface area contributed by atoms with Gasteiger partial charge in [-0.1, -0.05) is 25.5 Å². The molecule has 0 aliphatic carbocycles. The number of benzene rings is 1. The Labute approximate surface area is 126 Å². The summed E-state index contributed by atoms with van der Waals surface area (Å²) in [5, 5.41) is 2.84. The first kappa shape index (κ1) is 17.2. The predicted octanol–water partition coefficient (Wildman–Crippen LogP) is 1.52. The maximum Gasteiger partial charge on any atom is 0.253 e. The minimum atomic E-state index is -0.838. The van der Waals surface area contributed by atoms with Crippen LogP contribution in [0.15, 0.2) is 24.3 Å². The van der Waals surface area contributed by atoms with E-state index in [-0.39, 0.29) is 11.8 Å². The van der Waals surface area contributed by atoms with E-state index in [2.05, 4.69) is 5.32 Å². The van der Waals surface area contributed by atoms with Crippen molar-refractivity contribution in [1.82, 2.24) is 10.2 Å². The van der Waals surface area contributed by atoms with Gasteiger partial charge in [0.05, 0.1) is 5.54 Å². The van der Waals surface area contributed by atoms with Crippen LogP contribution in [0.5, 0.6) is 0 Å². The van der Waals surface area contributed by atoms with E-state index >= 15 is 0 Å². The van der Waals surface area contributed by atoms with Crippen LogP contribution in [0.4, 0.5) is 0 Å². The molecular formula is C16H25N3O2. The minimum Gasteiger partial charge on any atom is -0.350 e. The molecule has 0 saturated carbocycles. The molecule has 1 aromatic carbocycles. The Morgan fingerprint density at radius 2 is 1.81 bits per heavy atom. The zero-order valence-electron chi connectivity index (χ0n) is 13.3. The highest BCUT2D eigenvalue weighted by atomic mass is 16.2. The molecule has 0 saturated heterocycles. The van der Waals surface area contributed by atoms with Gasteiger partial charge in [-0.05, 0) is 31.0 Å². The predicted molar refractivity (Wildman–Crippen MR) is 83.8 cm³/mol. The molecule has 0 radical (unpaired) electrons. The van der Waals surface area contributed by atoms with Crippen molar-refractivity contribution in [2.75, 3.05) is 14.1 Å². The summed E-state index contributed by atoms with van der Waals surface area (Å²) in [5.74, 6) is -0.194. The van der Waals surface area contributed by atoms with Crippen molar-refractivity contribution in [2.45, 2.75) is 38.8 Å². The lowest BCUT2D eigenvalue weighted by molar-refractivity contribution is -0.126. The number of nitrogens with zero attached hydrogens (tertiary/aromatic N) is 1. The molecule has 1 atom stereocenters. The molecule has 21 heavy (non-hydrogen) atoms. The minimum absolute atomic E-state index is 0.0388. The Hall–Kier alpha value is -1.88. The van der Waals surface area contributed by atoms with Gasteiger partial charge in [-0.15, -0.1) is 0 Å². The van der Waals surface area contributed by atoms with E-state index in [4.69, 9.17) is 5.73 Å². The number of nitrogens with one attached hydrogen (secondary N) is 1. The highest BCUT2D eigenvalue weighted by Crippen LogP contribution is 2.10. The SMILES string of the molecule is CCCC(C)(N)C(=O)NCc1ccc(C(=O)N(C)C)cc1. The van der Waals surface area contributed by atoms with Crippen LogP contribution in [0.2, 0.25) is 0 Å². The van der Waals surface area contributed by atoms with Gasteiger partial charge < -0.3 is 16.0 Å². The third-order valence-corrected chi connectivity index (χ3v) is 3.35. The maximum atomic E-state index is 12.0. The first-order chi connectivity index (χ1) is 9.77. The monoisotopic (exact) mass is 291 g/mol. The van der Waals surface area contributed by atoms with Gasteiger partial charge in [0.15, 0.2) is 0 Å². The van der Waals surface area contributed by atoms with E-state index in [9.17, 15) is 9.59 Å². The smallest absolute Gasteiger partial charge is 0.253 e. The van der Waals surface area contributed by atoms with Crippen LogP contribution in [-0.2, 0) is 11.3 Å². The average molecular weight is 291 g/mol. The number of hydrogen-bond acceptors (Lipinski definition) is 3. The van der Waals surface area contributed by atoms with Crippen molar-refractivity contribution in [3.63, 3.8) is 0 Å². The summed E-state index contributed by atoms with van der Waals surface area (Å²) in [6.07, 6.45) is 1.51. The van der Waals surface area contributed by atoms with Crippen molar-refractivity contribution in [2.24, 2.45) is 5.73 Å². The van der Waals surface area contributed by atoms with Crippen LogP contribution in [0.25, 0.3) is 0 Å². The molecule has 3 N–H and O–H groups in total. The summed E-state index contributed by atoms with van der Waals surface area (Å²) in [6, 6.07) is 7.20. The number of carbonyl (C=O) groups excluding carboxylic acids is 2. The van der Waals surface area contributed by atoms with E-state index in [0.29, 0.717) is 18.5 Å². The summed E-state index contributed by atoms with van der Waals surface area (Å²) < 4.78 is 0. The van der Waals surface area contributed by atoms with E-state index < -0.39 is 5.54 Å². The second kappa shape index (κ2) is 7.22. The lowest BCUT2D eigenvalue weighted by Crippen LogP contribution is -2.51.